The van der Waals surface area contributed by atoms with Crippen molar-refractivity contribution in [2.24, 2.45) is 12.0 Å². The zero-order chi connectivity index (χ0) is 17.5. The third kappa shape index (κ3) is 5.31. The van der Waals surface area contributed by atoms with Gasteiger partial charge in [-0.05, 0) is 38.8 Å². The number of piperidine rings is 1. The smallest absolute Gasteiger partial charge is 0.191 e. The third-order valence-corrected chi connectivity index (χ3v) is 5.84. The Morgan fingerprint density at radius 3 is 2.42 bits per heavy atom. The molecule has 1 aliphatic carbocycles. The van der Waals surface area contributed by atoms with Crippen LogP contribution in [-0.2, 0) is 13.6 Å². The van der Waals surface area contributed by atoms with Crippen LogP contribution in [-0.4, -0.2) is 57.8 Å². The third-order valence-electron chi connectivity index (χ3n) is 5.84. The second kappa shape index (κ2) is 10.4. The van der Waals surface area contributed by atoms with Crippen LogP contribution in [0.2, 0.25) is 0 Å². The zero-order valence-electron chi connectivity index (χ0n) is 16.2. The molecule has 1 saturated carbocycles. The minimum Gasteiger partial charge on any atom is -0.355 e. The summed E-state index contributed by atoms with van der Waals surface area (Å²) in [5.41, 5.74) is 0.307. The Balaban J connectivity index is 0.00000243. The second-order valence-electron chi connectivity index (χ2n) is 7.41. The van der Waals surface area contributed by atoms with Crippen molar-refractivity contribution in [3.05, 3.63) is 12.2 Å². The summed E-state index contributed by atoms with van der Waals surface area (Å²) in [7, 11) is 3.74. The normalized spacial score (nSPS) is 21.1. The first-order valence-corrected chi connectivity index (χ1v) is 9.76. The molecule has 0 unspecified atom stereocenters. The van der Waals surface area contributed by atoms with Crippen LogP contribution in [0, 0.1) is 0 Å². The van der Waals surface area contributed by atoms with Gasteiger partial charge < -0.3 is 10.6 Å². The fourth-order valence-corrected chi connectivity index (χ4v) is 4.29. The fourth-order valence-electron chi connectivity index (χ4n) is 4.29. The van der Waals surface area contributed by atoms with Gasteiger partial charge in [0, 0.05) is 26.2 Å². The molecule has 0 atom stereocenters. The molecule has 3 rings (SSSR count). The highest BCUT2D eigenvalue weighted by atomic mass is 127. The predicted molar refractivity (Wildman–Crippen MR) is 116 cm³/mol. The van der Waals surface area contributed by atoms with Crippen molar-refractivity contribution < 1.29 is 0 Å². The SMILES string of the molecule is CN=C(NCc1ncnn1C)NCC1(N2CCCCC2)CCCCC1.I. The Morgan fingerprint density at radius 2 is 1.81 bits per heavy atom. The monoisotopic (exact) mass is 475 g/mol. The van der Waals surface area contributed by atoms with E-state index in [2.05, 4.69) is 30.6 Å². The number of likely N-dealkylation sites (tertiary alicyclic amines) is 1. The van der Waals surface area contributed by atoms with Crippen molar-refractivity contribution >= 4 is 29.9 Å². The van der Waals surface area contributed by atoms with E-state index in [4.69, 9.17) is 0 Å². The number of halogens is 1. The zero-order valence-corrected chi connectivity index (χ0v) is 18.5. The summed E-state index contributed by atoms with van der Waals surface area (Å²) in [4.78, 5) is 11.4. The van der Waals surface area contributed by atoms with Gasteiger partial charge >= 0.3 is 0 Å². The largest absolute Gasteiger partial charge is 0.355 e. The van der Waals surface area contributed by atoms with E-state index in [1.54, 1.807) is 11.0 Å². The van der Waals surface area contributed by atoms with Gasteiger partial charge in [0.25, 0.3) is 0 Å². The number of guanidine groups is 1. The summed E-state index contributed by atoms with van der Waals surface area (Å²) in [6.07, 6.45) is 12.4. The van der Waals surface area contributed by atoms with Crippen molar-refractivity contribution in [2.75, 3.05) is 26.7 Å². The lowest BCUT2D eigenvalue weighted by atomic mass is 9.79. The standard InChI is InChI=1S/C18H33N7.HI/c1-19-17(20-13-16-22-15-23-24(16)2)21-14-18(9-5-3-6-10-18)25-11-7-4-8-12-25;/h15H,3-14H2,1-2H3,(H2,19,20,21);1H. The first kappa shape index (κ1) is 21.4. The van der Waals surface area contributed by atoms with Crippen LogP contribution in [0.5, 0.6) is 0 Å². The van der Waals surface area contributed by atoms with Crippen molar-refractivity contribution in [3.8, 4) is 0 Å². The van der Waals surface area contributed by atoms with Gasteiger partial charge in [0.05, 0.1) is 6.54 Å². The summed E-state index contributed by atoms with van der Waals surface area (Å²) in [5.74, 6) is 1.76. The number of rotatable bonds is 5. The van der Waals surface area contributed by atoms with Gasteiger partial charge in [0.1, 0.15) is 12.2 Å². The molecular weight excluding hydrogens is 441 g/mol. The first-order valence-electron chi connectivity index (χ1n) is 9.76. The maximum atomic E-state index is 4.40. The van der Waals surface area contributed by atoms with E-state index in [-0.39, 0.29) is 24.0 Å². The lowest BCUT2D eigenvalue weighted by molar-refractivity contribution is 0.0368. The average Bonchev–Trinajstić information content (AvgIpc) is 3.08. The lowest BCUT2D eigenvalue weighted by Crippen LogP contribution is -2.59. The number of hydrogen-bond acceptors (Lipinski definition) is 4. The van der Waals surface area contributed by atoms with Crippen molar-refractivity contribution in [1.82, 2.24) is 30.3 Å². The van der Waals surface area contributed by atoms with Gasteiger partial charge in [0.2, 0.25) is 0 Å². The van der Waals surface area contributed by atoms with Crippen LogP contribution in [0.4, 0.5) is 0 Å². The van der Waals surface area contributed by atoms with Gasteiger partial charge in [-0.15, -0.1) is 24.0 Å². The number of nitrogens with one attached hydrogen (secondary N) is 2. The molecule has 2 N–H and O–H groups in total. The summed E-state index contributed by atoms with van der Waals surface area (Å²) >= 11 is 0. The van der Waals surface area contributed by atoms with E-state index < -0.39 is 0 Å². The van der Waals surface area contributed by atoms with Gasteiger partial charge in [-0.1, -0.05) is 25.7 Å². The molecule has 0 aromatic carbocycles. The maximum absolute atomic E-state index is 4.40. The summed E-state index contributed by atoms with van der Waals surface area (Å²) < 4.78 is 1.79. The van der Waals surface area contributed by atoms with Crippen LogP contribution < -0.4 is 10.6 Å². The molecule has 1 saturated heterocycles. The van der Waals surface area contributed by atoms with E-state index in [1.165, 1.54) is 64.5 Å². The van der Waals surface area contributed by atoms with Crippen molar-refractivity contribution in [2.45, 2.75) is 63.5 Å². The second-order valence-corrected chi connectivity index (χ2v) is 7.41. The molecule has 0 bridgehead atoms. The molecule has 1 aliphatic heterocycles. The molecule has 0 radical (unpaired) electrons. The van der Waals surface area contributed by atoms with Crippen molar-refractivity contribution in [3.63, 3.8) is 0 Å². The molecule has 26 heavy (non-hydrogen) atoms. The summed E-state index contributed by atoms with van der Waals surface area (Å²) in [6, 6.07) is 0. The summed E-state index contributed by atoms with van der Waals surface area (Å²) in [6.45, 7) is 4.12. The van der Waals surface area contributed by atoms with Gasteiger partial charge in [-0.2, -0.15) is 5.10 Å². The molecule has 1 aromatic heterocycles. The maximum Gasteiger partial charge on any atom is 0.191 e. The summed E-state index contributed by atoms with van der Waals surface area (Å²) in [5, 5.41) is 11.1. The number of aromatic nitrogens is 3. The van der Waals surface area contributed by atoms with Crippen LogP contribution in [0.25, 0.3) is 0 Å². The van der Waals surface area contributed by atoms with Crippen LogP contribution in [0.1, 0.15) is 57.2 Å². The fraction of sp³-hybridized carbons (Fsp3) is 0.833. The van der Waals surface area contributed by atoms with Gasteiger partial charge in [-0.3, -0.25) is 14.6 Å². The van der Waals surface area contributed by atoms with Crippen LogP contribution >= 0.6 is 24.0 Å². The molecule has 0 spiro atoms. The van der Waals surface area contributed by atoms with E-state index in [9.17, 15) is 0 Å². The highest BCUT2D eigenvalue weighted by Gasteiger charge is 2.38. The molecule has 7 nitrogen and oxygen atoms in total. The molecular formula is C18H34IN7. The number of nitrogens with zero attached hydrogens (tertiary/aromatic N) is 5. The Morgan fingerprint density at radius 1 is 1.12 bits per heavy atom. The molecule has 2 aliphatic rings. The molecule has 2 heterocycles. The Labute approximate surface area is 174 Å². The van der Waals surface area contributed by atoms with E-state index >= 15 is 0 Å². The van der Waals surface area contributed by atoms with Gasteiger partial charge in [-0.25, -0.2) is 4.98 Å². The molecule has 0 amide bonds. The predicted octanol–water partition coefficient (Wildman–Crippen LogP) is 2.29. The molecule has 1 aromatic rings. The minimum atomic E-state index is 0. The number of hydrogen-bond donors (Lipinski definition) is 2. The van der Waals surface area contributed by atoms with Crippen LogP contribution in [0.15, 0.2) is 11.3 Å². The quantitative estimate of drug-likeness (QED) is 0.389. The lowest BCUT2D eigenvalue weighted by Gasteiger charge is -2.48. The van der Waals surface area contributed by atoms with E-state index in [1.807, 2.05) is 14.1 Å². The molecule has 8 heteroatoms. The Kier molecular flexibility index (Phi) is 8.59. The Hall–Kier alpha value is -0.900. The highest BCUT2D eigenvalue weighted by molar-refractivity contribution is 14.0. The van der Waals surface area contributed by atoms with Crippen molar-refractivity contribution in [1.29, 1.82) is 0 Å². The van der Waals surface area contributed by atoms with Crippen LogP contribution in [0.3, 0.4) is 0 Å². The molecule has 148 valence electrons. The number of aliphatic imine (C=N–C) groups is 1. The molecule has 2 fully saturated rings. The highest BCUT2D eigenvalue weighted by Crippen LogP contribution is 2.35. The van der Waals surface area contributed by atoms with E-state index in [0.717, 1.165) is 18.3 Å². The Bertz CT molecular complexity index is 560. The number of aryl methyl sites for hydroxylation is 1. The van der Waals surface area contributed by atoms with E-state index in [0.29, 0.717) is 12.1 Å². The first-order chi connectivity index (χ1) is 12.2. The topological polar surface area (TPSA) is 70.4 Å². The van der Waals surface area contributed by atoms with Gasteiger partial charge in [0.15, 0.2) is 5.96 Å². The average molecular weight is 475 g/mol. The minimum absolute atomic E-state index is 0.